The zero-order valence-electron chi connectivity index (χ0n) is 17.5. The van der Waals surface area contributed by atoms with Gasteiger partial charge in [-0.15, -0.1) is 0 Å². The minimum absolute atomic E-state index is 0.162. The lowest BCUT2D eigenvalue weighted by Crippen LogP contribution is -2.63. The third-order valence-corrected chi connectivity index (χ3v) is 5.95. The topological polar surface area (TPSA) is 245 Å². The van der Waals surface area contributed by atoms with Crippen LogP contribution in [-0.2, 0) is 28.5 Å². The number of carboxylic acid groups (broad SMARTS) is 1. The number of aliphatic carboxylic acids is 1. The van der Waals surface area contributed by atoms with E-state index in [1.165, 1.54) is 6.92 Å². The highest BCUT2D eigenvalue weighted by Gasteiger charge is 2.50. The Morgan fingerprint density at radius 2 is 1.39 bits per heavy atom. The average molecular weight is 486 g/mol. The average Bonchev–Trinajstić information content (AvgIpc) is 2.78. The maximum atomic E-state index is 11.2. The first kappa shape index (κ1) is 26.6. The van der Waals surface area contributed by atoms with Gasteiger partial charge < -0.3 is 69.6 Å². The molecule has 192 valence electrons. The summed E-state index contributed by atoms with van der Waals surface area (Å²) in [6, 6.07) is 0. The molecule has 3 aliphatic rings. The van der Waals surface area contributed by atoms with E-state index in [2.05, 4.69) is 0 Å². The number of aliphatic hydroxyl groups excluding tert-OH is 8. The number of ether oxygens (including phenoxy) is 5. The van der Waals surface area contributed by atoms with E-state index in [-0.39, 0.29) is 6.61 Å². The smallest absolute Gasteiger partial charge is 0.335 e. The summed E-state index contributed by atoms with van der Waals surface area (Å²) in [5, 5.41) is 89.3. The predicted octanol–water partition coefficient (Wildman–Crippen LogP) is -5.77. The lowest BCUT2D eigenvalue weighted by Gasteiger charge is -2.44. The van der Waals surface area contributed by atoms with Gasteiger partial charge in [-0.3, -0.25) is 0 Å². The molecule has 13 unspecified atom stereocenters. The van der Waals surface area contributed by atoms with Gasteiger partial charge in [-0.25, -0.2) is 4.79 Å². The van der Waals surface area contributed by atoms with Gasteiger partial charge in [-0.05, 0) is 6.92 Å². The van der Waals surface area contributed by atoms with Gasteiger partial charge in [0.25, 0.3) is 0 Å². The van der Waals surface area contributed by atoms with Gasteiger partial charge in [0.2, 0.25) is 0 Å². The van der Waals surface area contributed by atoms with Crippen LogP contribution in [0.1, 0.15) is 6.92 Å². The Labute approximate surface area is 187 Å². The Morgan fingerprint density at radius 3 is 2.03 bits per heavy atom. The molecule has 14 atom stereocenters. The second-order valence-electron chi connectivity index (χ2n) is 8.28. The van der Waals surface area contributed by atoms with Crippen LogP contribution in [0.25, 0.3) is 0 Å². The molecule has 0 saturated carbocycles. The minimum atomic E-state index is -1.93. The first-order valence-corrected chi connectivity index (χ1v) is 10.3. The van der Waals surface area contributed by atoms with Crippen LogP contribution in [0.4, 0.5) is 0 Å². The van der Waals surface area contributed by atoms with E-state index in [0.717, 1.165) is 0 Å². The molecule has 0 bridgehead atoms. The van der Waals surface area contributed by atoms with E-state index in [1.54, 1.807) is 0 Å². The fraction of sp³-hybridized carbons (Fsp3) is 0.944. The van der Waals surface area contributed by atoms with Crippen LogP contribution in [0, 0.1) is 0 Å². The number of carbonyl (C=O) groups is 1. The van der Waals surface area contributed by atoms with Gasteiger partial charge >= 0.3 is 5.97 Å². The van der Waals surface area contributed by atoms with Crippen molar-refractivity contribution in [2.24, 2.45) is 0 Å². The maximum Gasteiger partial charge on any atom is 0.335 e. The number of hydrogen-bond donors (Lipinski definition) is 9. The Balaban J connectivity index is 1.63. The van der Waals surface area contributed by atoms with Gasteiger partial charge in [-0.1, -0.05) is 0 Å². The number of carboxylic acids is 1. The van der Waals surface area contributed by atoms with Crippen LogP contribution >= 0.6 is 0 Å². The van der Waals surface area contributed by atoms with E-state index in [9.17, 15) is 45.6 Å². The Bertz CT molecular complexity index is 665. The molecule has 0 radical (unpaired) electrons. The summed E-state index contributed by atoms with van der Waals surface area (Å²) in [7, 11) is 0. The molecule has 33 heavy (non-hydrogen) atoms. The Morgan fingerprint density at radius 1 is 0.788 bits per heavy atom. The summed E-state index contributed by atoms with van der Waals surface area (Å²) in [5.74, 6) is -1.62. The SMILES string of the molecule is CC1OC[C@@H](OC2OC(COC3OC(C(=O)O)C(O)C(O)C3O)C(O)C(O)C2O)C(O)C1O. The van der Waals surface area contributed by atoms with Crippen molar-refractivity contribution in [1.82, 2.24) is 0 Å². The van der Waals surface area contributed by atoms with E-state index >= 15 is 0 Å². The van der Waals surface area contributed by atoms with Gasteiger partial charge in [0.15, 0.2) is 18.7 Å². The lowest BCUT2D eigenvalue weighted by atomic mass is 9.97. The van der Waals surface area contributed by atoms with Crippen molar-refractivity contribution < 1.29 is 74.4 Å². The highest BCUT2D eigenvalue weighted by molar-refractivity contribution is 5.73. The second kappa shape index (κ2) is 10.7. The van der Waals surface area contributed by atoms with Crippen LogP contribution in [0.2, 0.25) is 0 Å². The first-order valence-electron chi connectivity index (χ1n) is 10.3. The Kier molecular flexibility index (Phi) is 8.61. The first-order chi connectivity index (χ1) is 15.4. The van der Waals surface area contributed by atoms with Crippen molar-refractivity contribution in [2.45, 2.75) is 92.8 Å². The van der Waals surface area contributed by atoms with Gasteiger partial charge in [0.1, 0.15) is 61.0 Å². The van der Waals surface area contributed by atoms with Gasteiger partial charge in [-0.2, -0.15) is 0 Å². The molecule has 15 heteroatoms. The molecule has 0 aromatic rings. The molecular formula is C18H30O15. The maximum absolute atomic E-state index is 11.2. The normalized spacial score (nSPS) is 51.3. The summed E-state index contributed by atoms with van der Waals surface area (Å²) in [5.41, 5.74) is 0. The zero-order valence-corrected chi connectivity index (χ0v) is 17.5. The van der Waals surface area contributed by atoms with Crippen LogP contribution in [0.15, 0.2) is 0 Å². The van der Waals surface area contributed by atoms with E-state index in [0.29, 0.717) is 0 Å². The van der Waals surface area contributed by atoms with Gasteiger partial charge in [0.05, 0.1) is 19.3 Å². The second-order valence-corrected chi connectivity index (χ2v) is 8.28. The third-order valence-electron chi connectivity index (χ3n) is 5.95. The third kappa shape index (κ3) is 5.46. The van der Waals surface area contributed by atoms with Crippen LogP contribution in [-0.4, -0.2) is 151 Å². The summed E-state index contributed by atoms with van der Waals surface area (Å²) in [4.78, 5) is 11.2. The molecule has 3 fully saturated rings. The molecule has 15 nitrogen and oxygen atoms in total. The fourth-order valence-electron chi connectivity index (χ4n) is 3.78. The highest BCUT2D eigenvalue weighted by Crippen LogP contribution is 2.28. The lowest BCUT2D eigenvalue weighted by molar-refractivity contribution is -0.344. The van der Waals surface area contributed by atoms with E-state index < -0.39 is 98.4 Å². The van der Waals surface area contributed by atoms with E-state index in [1.807, 2.05) is 0 Å². The predicted molar refractivity (Wildman–Crippen MR) is 99.3 cm³/mol. The number of aliphatic hydroxyl groups is 8. The fourth-order valence-corrected chi connectivity index (χ4v) is 3.78. The van der Waals surface area contributed by atoms with Crippen molar-refractivity contribution in [3.8, 4) is 0 Å². The molecular weight excluding hydrogens is 456 g/mol. The summed E-state index contributed by atoms with van der Waals surface area (Å²) in [6.07, 6.45) is -22.1. The molecule has 3 aliphatic heterocycles. The molecule has 0 aromatic carbocycles. The Hall–Kier alpha value is -1.05. The molecule has 3 heterocycles. The quantitative estimate of drug-likeness (QED) is 0.170. The highest BCUT2D eigenvalue weighted by atomic mass is 16.7. The van der Waals surface area contributed by atoms with Crippen LogP contribution in [0.3, 0.4) is 0 Å². The minimum Gasteiger partial charge on any atom is -0.479 e. The van der Waals surface area contributed by atoms with Gasteiger partial charge in [0, 0.05) is 0 Å². The monoisotopic (exact) mass is 486 g/mol. The van der Waals surface area contributed by atoms with Crippen molar-refractivity contribution >= 4 is 5.97 Å². The zero-order chi connectivity index (χ0) is 24.6. The van der Waals surface area contributed by atoms with Crippen molar-refractivity contribution in [1.29, 1.82) is 0 Å². The molecule has 0 spiro atoms. The largest absolute Gasteiger partial charge is 0.479 e. The number of rotatable bonds is 6. The van der Waals surface area contributed by atoms with Crippen molar-refractivity contribution in [2.75, 3.05) is 13.2 Å². The van der Waals surface area contributed by atoms with Crippen molar-refractivity contribution in [3.05, 3.63) is 0 Å². The van der Waals surface area contributed by atoms with Crippen LogP contribution < -0.4 is 0 Å². The molecule has 0 aromatic heterocycles. The molecule has 9 N–H and O–H groups in total. The standard InChI is InChI=1S/C18H30O15/c1-4-7(19)8(20)5(2-29-4)31-18-14(26)10(22)9(21)6(32-18)3-30-17-13(25)11(23)12(24)15(33-17)16(27)28/h4-15,17-26H,2-3H2,1H3,(H,27,28)/t4?,5-,6?,7?,8?,9?,10?,11?,12?,13?,14?,15?,17?,18?/m1/s1. The van der Waals surface area contributed by atoms with Crippen molar-refractivity contribution in [3.63, 3.8) is 0 Å². The molecule has 0 aliphatic carbocycles. The molecule has 3 rings (SSSR count). The van der Waals surface area contributed by atoms with Crippen LogP contribution in [0.5, 0.6) is 0 Å². The molecule has 3 saturated heterocycles. The number of hydrogen-bond acceptors (Lipinski definition) is 14. The van der Waals surface area contributed by atoms with E-state index in [4.69, 9.17) is 28.8 Å². The summed E-state index contributed by atoms with van der Waals surface area (Å²) < 4.78 is 26.3. The molecule has 0 amide bonds. The summed E-state index contributed by atoms with van der Waals surface area (Å²) >= 11 is 0. The summed E-state index contributed by atoms with van der Waals surface area (Å²) in [6.45, 7) is 0.742.